The first-order chi connectivity index (χ1) is 11.0. The van der Waals surface area contributed by atoms with Crippen molar-refractivity contribution in [1.82, 2.24) is 15.3 Å². The Morgan fingerprint density at radius 2 is 2.00 bits per heavy atom. The SMILES string of the molecule is CC1(CC(=O)NCc2cc(OCC(F)(F)F)ncn2)CC(F)(F)C1. The molecule has 134 valence electrons. The minimum Gasteiger partial charge on any atom is -0.468 e. The molecule has 1 saturated carbocycles. The standard InChI is InChI=1S/C14H16F5N3O2/c1-12(5-13(15,16)6-12)3-10(23)20-4-9-2-11(22-8-21-9)24-7-14(17,18)19/h2,8H,3-7H2,1H3,(H,20,23). The van der Waals surface area contributed by atoms with Crippen LogP contribution in [0.5, 0.6) is 5.88 Å². The summed E-state index contributed by atoms with van der Waals surface area (Å²) in [7, 11) is 0. The maximum absolute atomic E-state index is 12.9. The van der Waals surface area contributed by atoms with Crippen molar-refractivity contribution >= 4 is 5.91 Å². The van der Waals surface area contributed by atoms with E-state index in [1.807, 2.05) is 0 Å². The van der Waals surface area contributed by atoms with E-state index >= 15 is 0 Å². The van der Waals surface area contributed by atoms with Crippen molar-refractivity contribution in [2.24, 2.45) is 5.41 Å². The number of carbonyl (C=O) groups excluding carboxylic acids is 1. The summed E-state index contributed by atoms with van der Waals surface area (Å²) in [5.41, 5.74) is -0.486. The summed E-state index contributed by atoms with van der Waals surface area (Å²) in [5, 5.41) is 2.50. The van der Waals surface area contributed by atoms with Crippen molar-refractivity contribution in [3.8, 4) is 5.88 Å². The van der Waals surface area contributed by atoms with E-state index in [1.54, 1.807) is 6.92 Å². The van der Waals surface area contributed by atoms with Gasteiger partial charge in [0, 0.05) is 25.3 Å². The molecule has 24 heavy (non-hydrogen) atoms. The van der Waals surface area contributed by atoms with E-state index in [0.29, 0.717) is 0 Å². The highest BCUT2D eigenvalue weighted by molar-refractivity contribution is 5.76. The zero-order chi connectivity index (χ0) is 18.0. The van der Waals surface area contributed by atoms with Crippen LogP contribution in [-0.4, -0.2) is 34.6 Å². The van der Waals surface area contributed by atoms with Gasteiger partial charge < -0.3 is 10.1 Å². The van der Waals surface area contributed by atoms with Crippen LogP contribution in [0.2, 0.25) is 0 Å². The maximum atomic E-state index is 12.9. The summed E-state index contributed by atoms with van der Waals surface area (Å²) in [6.45, 7) is 0.0658. The third-order valence-electron chi connectivity index (χ3n) is 3.51. The van der Waals surface area contributed by atoms with Gasteiger partial charge in [-0.15, -0.1) is 0 Å². The number of halogens is 5. The Balaban J connectivity index is 1.80. The number of hydrogen-bond acceptors (Lipinski definition) is 4. The molecule has 0 aromatic carbocycles. The molecule has 0 unspecified atom stereocenters. The molecule has 0 spiro atoms. The van der Waals surface area contributed by atoms with Crippen molar-refractivity contribution in [3.63, 3.8) is 0 Å². The summed E-state index contributed by atoms with van der Waals surface area (Å²) in [4.78, 5) is 19.1. The van der Waals surface area contributed by atoms with Crippen molar-refractivity contribution in [3.05, 3.63) is 18.1 Å². The smallest absolute Gasteiger partial charge is 0.422 e. The van der Waals surface area contributed by atoms with Gasteiger partial charge in [0.15, 0.2) is 6.61 Å². The Bertz CT molecular complexity index is 598. The van der Waals surface area contributed by atoms with Gasteiger partial charge in [0.05, 0.1) is 12.2 Å². The molecule has 0 saturated heterocycles. The van der Waals surface area contributed by atoms with E-state index < -0.39 is 30.0 Å². The summed E-state index contributed by atoms with van der Waals surface area (Å²) in [6, 6.07) is 1.17. The molecule has 1 aliphatic carbocycles. The second-order valence-corrected chi connectivity index (χ2v) is 6.23. The van der Waals surface area contributed by atoms with E-state index in [9.17, 15) is 26.7 Å². The molecular weight excluding hydrogens is 337 g/mol. The van der Waals surface area contributed by atoms with E-state index in [1.165, 1.54) is 6.07 Å². The minimum atomic E-state index is -4.49. The summed E-state index contributed by atoms with van der Waals surface area (Å²) < 4.78 is 66.5. The Morgan fingerprint density at radius 3 is 2.58 bits per heavy atom. The highest BCUT2D eigenvalue weighted by atomic mass is 19.4. The zero-order valence-electron chi connectivity index (χ0n) is 12.8. The van der Waals surface area contributed by atoms with Crippen molar-refractivity contribution < 1.29 is 31.5 Å². The lowest BCUT2D eigenvalue weighted by Crippen LogP contribution is -2.46. The lowest BCUT2D eigenvalue weighted by Gasteiger charge is -2.44. The molecule has 1 aromatic rings. The van der Waals surface area contributed by atoms with Crippen LogP contribution >= 0.6 is 0 Å². The number of carbonyl (C=O) groups is 1. The molecule has 1 fully saturated rings. The quantitative estimate of drug-likeness (QED) is 0.799. The molecule has 2 rings (SSSR count). The number of ether oxygens (including phenoxy) is 1. The first kappa shape index (κ1) is 18.3. The number of nitrogens with one attached hydrogen (secondary N) is 1. The number of rotatable bonds is 6. The van der Waals surface area contributed by atoms with Crippen LogP contribution in [0.1, 0.15) is 31.9 Å². The fraction of sp³-hybridized carbons (Fsp3) is 0.643. The minimum absolute atomic E-state index is 0.0505. The summed E-state index contributed by atoms with van der Waals surface area (Å²) in [5.74, 6) is -3.41. The number of amides is 1. The second-order valence-electron chi connectivity index (χ2n) is 6.23. The lowest BCUT2D eigenvalue weighted by atomic mass is 9.65. The van der Waals surface area contributed by atoms with E-state index in [2.05, 4.69) is 20.0 Å². The molecule has 1 aromatic heterocycles. The lowest BCUT2D eigenvalue weighted by molar-refractivity contribution is -0.162. The molecule has 0 atom stereocenters. The van der Waals surface area contributed by atoms with Crippen LogP contribution in [-0.2, 0) is 11.3 Å². The monoisotopic (exact) mass is 353 g/mol. The zero-order valence-corrected chi connectivity index (χ0v) is 12.8. The maximum Gasteiger partial charge on any atom is 0.422 e. The molecular formula is C14H16F5N3O2. The first-order valence-electron chi connectivity index (χ1n) is 7.11. The Hall–Kier alpha value is -2.00. The van der Waals surface area contributed by atoms with E-state index in [0.717, 1.165) is 6.33 Å². The summed E-state index contributed by atoms with van der Waals surface area (Å²) >= 11 is 0. The second kappa shape index (κ2) is 6.48. The predicted octanol–water partition coefficient (Wildman–Crippen LogP) is 2.86. The van der Waals surface area contributed by atoms with Gasteiger partial charge in [-0.05, 0) is 5.41 Å². The number of hydrogen-bond donors (Lipinski definition) is 1. The third kappa shape index (κ3) is 5.57. The molecule has 1 aliphatic rings. The van der Waals surface area contributed by atoms with Crippen LogP contribution in [0.15, 0.2) is 12.4 Å². The van der Waals surface area contributed by atoms with Crippen LogP contribution < -0.4 is 10.1 Å². The van der Waals surface area contributed by atoms with Crippen LogP contribution in [0.3, 0.4) is 0 Å². The number of aromatic nitrogens is 2. The number of nitrogens with zero attached hydrogens (tertiary/aromatic N) is 2. The van der Waals surface area contributed by atoms with Gasteiger partial charge in [-0.3, -0.25) is 4.79 Å². The predicted molar refractivity (Wildman–Crippen MR) is 72.3 cm³/mol. The van der Waals surface area contributed by atoms with Gasteiger partial charge in [0.25, 0.3) is 0 Å². The van der Waals surface area contributed by atoms with Gasteiger partial charge >= 0.3 is 6.18 Å². The Kier molecular flexibility index (Phi) is 4.95. The molecule has 0 bridgehead atoms. The average molecular weight is 353 g/mol. The van der Waals surface area contributed by atoms with Crippen molar-refractivity contribution in [2.45, 2.75) is 44.8 Å². The molecule has 1 amide bonds. The van der Waals surface area contributed by atoms with Crippen molar-refractivity contribution in [1.29, 1.82) is 0 Å². The average Bonchev–Trinajstić information content (AvgIpc) is 2.40. The molecule has 0 aliphatic heterocycles. The van der Waals surface area contributed by atoms with Gasteiger partial charge in [0.2, 0.25) is 17.7 Å². The van der Waals surface area contributed by atoms with Crippen LogP contribution in [0.4, 0.5) is 22.0 Å². The highest BCUT2D eigenvalue weighted by Gasteiger charge is 2.54. The first-order valence-corrected chi connectivity index (χ1v) is 7.11. The molecule has 10 heteroatoms. The van der Waals surface area contributed by atoms with Crippen LogP contribution in [0.25, 0.3) is 0 Å². The van der Waals surface area contributed by atoms with E-state index in [-0.39, 0.29) is 37.4 Å². The molecule has 1 heterocycles. The molecule has 0 radical (unpaired) electrons. The van der Waals surface area contributed by atoms with Crippen molar-refractivity contribution in [2.75, 3.05) is 6.61 Å². The fourth-order valence-electron chi connectivity index (χ4n) is 2.67. The normalized spacial score (nSPS) is 18.6. The molecule has 5 nitrogen and oxygen atoms in total. The van der Waals surface area contributed by atoms with Gasteiger partial charge in [-0.25, -0.2) is 18.7 Å². The summed E-state index contributed by atoms with van der Waals surface area (Å²) in [6.07, 6.45) is -4.20. The molecule has 1 N–H and O–H groups in total. The van der Waals surface area contributed by atoms with Crippen LogP contribution in [0, 0.1) is 5.41 Å². The Labute approximate surface area is 134 Å². The van der Waals surface area contributed by atoms with Gasteiger partial charge in [-0.2, -0.15) is 13.2 Å². The largest absolute Gasteiger partial charge is 0.468 e. The number of alkyl halides is 5. The topological polar surface area (TPSA) is 64.1 Å². The highest BCUT2D eigenvalue weighted by Crippen LogP contribution is 2.53. The van der Waals surface area contributed by atoms with Gasteiger partial charge in [-0.1, -0.05) is 6.92 Å². The van der Waals surface area contributed by atoms with Gasteiger partial charge in [0.1, 0.15) is 6.33 Å². The third-order valence-corrected chi connectivity index (χ3v) is 3.51. The van der Waals surface area contributed by atoms with E-state index in [4.69, 9.17) is 0 Å². The Morgan fingerprint density at radius 1 is 1.33 bits per heavy atom. The fourth-order valence-corrected chi connectivity index (χ4v) is 2.67.